The molecule has 0 radical (unpaired) electrons. The van der Waals surface area contributed by atoms with Crippen molar-refractivity contribution in [2.45, 2.75) is 6.92 Å². The Hall–Kier alpha value is -1.92. The number of hydrogen-bond acceptors (Lipinski definition) is 1. The summed E-state index contributed by atoms with van der Waals surface area (Å²) in [7, 11) is -10.7. The van der Waals surface area contributed by atoms with Gasteiger partial charge in [0.1, 0.15) is 0 Å². The van der Waals surface area contributed by atoms with Gasteiger partial charge in [-0.15, -0.1) is 11.3 Å². The van der Waals surface area contributed by atoms with E-state index in [0.29, 0.717) is 0 Å². The third-order valence-corrected chi connectivity index (χ3v) is 4.54. The molecule has 0 bridgehead atoms. The van der Waals surface area contributed by atoms with Gasteiger partial charge in [0.2, 0.25) is 5.52 Å². The first kappa shape index (κ1) is 17.9. The van der Waals surface area contributed by atoms with Crippen molar-refractivity contribution >= 4 is 44.8 Å². The molecule has 3 heterocycles. The Morgan fingerprint density at radius 1 is 0.840 bits per heavy atom. The molecule has 0 aliphatic carbocycles. The number of fused-ring (bicyclic) bond motifs is 5. The van der Waals surface area contributed by atoms with Crippen LogP contribution in [0.5, 0.6) is 0 Å². The molecule has 1 aromatic carbocycles. The molecule has 0 saturated carbocycles. The Morgan fingerprint density at radius 2 is 1.44 bits per heavy atom. The summed E-state index contributed by atoms with van der Waals surface area (Å²) in [4.78, 5) is 0. The van der Waals surface area contributed by atoms with Crippen LogP contribution in [0.3, 0.4) is 0 Å². The number of aryl methyl sites for hydroxylation is 1. The normalized spacial score (nSPS) is 14.8. The molecule has 0 atom stereocenters. The van der Waals surface area contributed by atoms with Crippen LogP contribution in [0.15, 0.2) is 54.9 Å². The van der Waals surface area contributed by atoms with Crippen molar-refractivity contribution in [1.29, 1.82) is 0 Å². The molecule has 0 unspecified atom stereocenters. The minimum absolute atomic E-state index is 1.30. The summed E-state index contributed by atoms with van der Waals surface area (Å²) in [6.45, 7) is 2.15. The number of thiophene rings is 1. The number of nitrogens with zero attached hydrogens (tertiary/aromatic N) is 1. The van der Waals surface area contributed by atoms with Crippen molar-refractivity contribution in [1.82, 2.24) is 0 Å². The van der Waals surface area contributed by atoms with Crippen molar-refractivity contribution in [3.05, 3.63) is 60.4 Å². The molecule has 0 aliphatic rings. The van der Waals surface area contributed by atoms with Gasteiger partial charge in [0.15, 0.2) is 12.4 Å². The molecule has 4 aromatic rings. The van der Waals surface area contributed by atoms with Gasteiger partial charge in [0.25, 0.3) is 0 Å². The first-order chi connectivity index (χ1) is 11.3. The van der Waals surface area contributed by atoms with E-state index in [4.69, 9.17) is 0 Å². The van der Waals surface area contributed by atoms with Crippen molar-refractivity contribution < 1.29 is 29.6 Å². The first-order valence-corrected chi connectivity index (χ1v) is 9.91. The molecular weight excluding hydrogens is 383 g/mol. The molecular formula is C16H12F6NPS. The molecule has 0 spiro atoms. The van der Waals surface area contributed by atoms with Gasteiger partial charge in [-0.25, -0.2) is 0 Å². The molecule has 9 heteroatoms. The fraction of sp³-hybridized carbons (Fsp3) is 0.0625. The number of halogens is 6. The molecule has 0 amide bonds. The van der Waals surface area contributed by atoms with Gasteiger partial charge < -0.3 is 0 Å². The van der Waals surface area contributed by atoms with Gasteiger partial charge in [-0.2, -0.15) is 4.40 Å². The average Bonchev–Trinajstić information content (AvgIpc) is 2.82. The zero-order chi connectivity index (χ0) is 18.5. The summed E-state index contributed by atoms with van der Waals surface area (Å²) >= 11 is 1.87. The summed E-state index contributed by atoms with van der Waals surface area (Å²) in [5.74, 6) is 0. The van der Waals surface area contributed by atoms with Gasteiger partial charge in [0, 0.05) is 33.0 Å². The van der Waals surface area contributed by atoms with E-state index >= 15 is 0 Å². The van der Waals surface area contributed by atoms with Gasteiger partial charge >= 0.3 is 33.0 Å². The third-order valence-electron chi connectivity index (χ3n) is 3.41. The quantitative estimate of drug-likeness (QED) is 0.165. The number of hydrogen-bond donors (Lipinski definition) is 0. The second-order valence-electron chi connectivity index (χ2n) is 5.61. The van der Waals surface area contributed by atoms with E-state index in [1.165, 1.54) is 31.3 Å². The van der Waals surface area contributed by atoms with Crippen LogP contribution in [0.25, 0.3) is 25.7 Å². The zero-order valence-electron chi connectivity index (χ0n) is 12.8. The zero-order valence-corrected chi connectivity index (χ0v) is 14.5. The van der Waals surface area contributed by atoms with Crippen LogP contribution in [0.2, 0.25) is 0 Å². The maximum atomic E-state index is 9.87. The first-order valence-electron chi connectivity index (χ1n) is 7.06. The number of aromatic nitrogens is 1. The Balaban J connectivity index is 0.000000225. The third kappa shape index (κ3) is 4.80. The summed E-state index contributed by atoms with van der Waals surface area (Å²) in [6.07, 6.45) is 4.28. The fourth-order valence-electron chi connectivity index (χ4n) is 2.54. The average molecular weight is 395 g/mol. The van der Waals surface area contributed by atoms with Crippen molar-refractivity contribution in [3.63, 3.8) is 0 Å². The van der Waals surface area contributed by atoms with Crippen molar-refractivity contribution in [2.24, 2.45) is 0 Å². The van der Waals surface area contributed by atoms with Gasteiger partial charge in [0.05, 0.1) is 5.39 Å². The van der Waals surface area contributed by atoms with Crippen LogP contribution in [-0.4, -0.2) is 0 Å². The second-order valence-corrected chi connectivity index (χ2v) is 8.61. The monoisotopic (exact) mass is 395 g/mol. The van der Waals surface area contributed by atoms with Crippen molar-refractivity contribution in [2.75, 3.05) is 0 Å². The Morgan fingerprint density at radius 3 is 2.12 bits per heavy atom. The van der Waals surface area contributed by atoms with Gasteiger partial charge in [-0.3, -0.25) is 0 Å². The second kappa shape index (κ2) is 5.05. The maximum absolute atomic E-state index is 10.7. The Bertz CT molecular complexity index is 1090. The van der Waals surface area contributed by atoms with E-state index < -0.39 is 7.81 Å². The van der Waals surface area contributed by atoms with Gasteiger partial charge in [-0.1, -0.05) is 18.2 Å². The van der Waals surface area contributed by atoms with Gasteiger partial charge in [-0.05, 0) is 18.6 Å². The molecule has 0 saturated heterocycles. The molecule has 0 N–H and O–H groups in total. The van der Waals surface area contributed by atoms with Crippen LogP contribution < -0.4 is 4.40 Å². The van der Waals surface area contributed by atoms with E-state index in [1.54, 1.807) is 0 Å². The van der Waals surface area contributed by atoms with Crippen LogP contribution in [0.4, 0.5) is 25.2 Å². The van der Waals surface area contributed by atoms with Crippen LogP contribution in [0, 0.1) is 6.92 Å². The van der Waals surface area contributed by atoms with E-state index in [2.05, 4.69) is 66.2 Å². The number of pyridine rings is 2. The summed E-state index contributed by atoms with van der Waals surface area (Å²) in [6, 6.07) is 15.3. The SMILES string of the molecule is Cc1cc[n+]2ccc3sc4ccccc4c3c2c1.F[P-](F)(F)(F)(F)F. The molecule has 0 aliphatic heterocycles. The molecule has 25 heavy (non-hydrogen) atoms. The molecule has 4 rings (SSSR count). The fourth-order valence-corrected chi connectivity index (χ4v) is 3.65. The molecule has 1 nitrogen and oxygen atoms in total. The van der Waals surface area contributed by atoms with E-state index in [0.717, 1.165) is 0 Å². The molecule has 0 fully saturated rings. The molecule has 134 valence electrons. The van der Waals surface area contributed by atoms with E-state index in [9.17, 15) is 25.2 Å². The van der Waals surface area contributed by atoms with E-state index in [1.807, 2.05) is 11.3 Å². The van der Waals surface area contributed by atoms with E-state index in [-0.39, 0.29) is 0 Å². The van der Waals surface area contributed by atoms with Crippen LogP contribution in [0.1, 0.15) is 5.56 Å². The summed E-state index contributed by atoms with van der Waals surface area (Å²) in [5.41, 5.74) is 2.60. The minimum atomic E-state index is -10.7. The Labute approximate surface area is 142 Å². The topological polar surface area (TPSA) is 4.10 Å². The Kier molecular flexibility index (Phi) is 3.61. The summed E-state index contributed by atoms with van der Waals surface area (Å²) < 4.78 is 64.1. The predicted octanol–water partition coefficient (Wildman–Crippen LogP) is 7.48. The van der Waals surface area contributed by atoms with Crippen LogP contribution in [-0.2, 0) is 0 Å². The predicted molar refractivity (Wildman–Crippen MR) is 90.8 cm³/mol. The van der Waals surface area contributed by atoms with Crippen LogP contribution >= 0.6 is 19.1 Å². The standard InChI is InChI=1S/C16H12NS.F6P/c1-11-6-8-17-9-7-15-16(13(17)10-11)12-4-2-3-5-14(12)18-15;1-7(2,3,4,5)6/h2-10H,1H3;/q+1;-1. The number of rotatable bonds is 0. The molecule has 3 aromatic heterocycles. The number of benzene rings is 1. The summed E-state index contributed by atoms with van der Waals surface area (Å²) in [5, 5.41) is 2.74. The van der Waals surface area contributed by atoms with Crippen molar-refractivity contribution in [3.8, 4) is 0 Å².